The number of pyridine rings is 1. The normalized spacial score (nSPS) is 12.2. The molecule has 1 heterocycles. The Balaban J connectivity index is 1.82. The Morgan fingerprint density at radius 1 is 1.05 bits per heavy atom. The Morgan fingerprint density at radius 2 is 1.70 bits per heavy atom. The molecule has 0 bridgehead atoms. The molecule has 1 unspecified atom stereocenters. The van der Waals surface area contributed by atoms with Crippen molar-refractivity contribution in [1.82, 2.24) is 4.98 Å². The van der Waals surface area contributed by atoms with Gasteiger partial charge in [0.2, 0.25) is 0 Å². The molecule has 0 radical (unpaired) electrons. The van der Waals surface area contributed by atoms with Gasteiger partial charge in [-0.25, -0.2) is 0 Å². The van der Waals surface area contributed by atoms with E-state index in [-0.39, 0.29) is 5.92 Å². The van der Waals surface area contributed by atoms with Gasteiger partial charge in [-0.1, -0.05) is 57.9 Å². The molecule has 112 valence electrons. The van der Waals surface area contributed by atoms with E-state index in [1.54, 1.807) is 0 Å². The Hall–Kier alpha value is -1.18. The zero-order valence-electron chi connectivity index (χ0n) is 12.9. The van der Waals surface area contributed by atoms with Gasteiger partial charge in [-0.3, -0.25) is 4.98 Å². The van der Waals surface area contributed by atoms with Gasteiger partial charge >= 0.3 is 0 Å². The fraction of sp³-hybridized carbons (Fsp3) is 0.667. The van der Waals surface area contributed by atoms with Gasteiger partial charge in [0.1, 0.15) is 6.29 Å². The molecule has 1 aromatic heterocycles. The van der Waals surface area contributed by atoms with Crippen molar-refractivity contribution in [2.75, 3.05) is 0 Å². The molecule has 0 fully saturated rings. The first kappa shape index (κ1) is 16.9. The Bertz CT molecular complexity index is 337. The van der Waals surface area contributed by atoms with Crippen LogP contribution in [0.5, 0.6) is 0 Å². The van der Waals surface area contributed by atoms with Gasteiger partial charge < -0.3 is 4.79 Å². The molecule has 0 aliphatic heterocycles. The molecule has 1 atom stereocenters. The third-order valence-electron chi connectivity index (χ3n) is 3.83. The van der Waals surface area contributed by atoms with Crippen molar-refractivity contribution in [2.45, 2.75) is 71.1 Å². The highest BCUT2D eigenvalue weighted by Gasteiger charge is 1.99. The highest BCUT2D eigenvalue weighted by Crippen LogP contribution is 2.13. The van der Waals surface area contributed by atoms with Crippen LogP contribution in [0.1, 0.15) is 70.3 Å². The summed E-state index contributed by atoms with van der Waals surface area (Å²) in [6.07, 6.45) is 17.6. The number of aryl methyl sites for hydroxylation is 1. The van der Waals surface area contributed by atoms with E-state index in [0.29, 0.717) is 0 Å². The lowest BCUT2D eigenvalue weighted by molar-refractivity contribution is -0.110. The second kappa shape index (κ2) is 11.6. The molecule has 0 spiro atoms. The number of unbranched alkanes of at least 4 members (excludes halogenated alkanes) is 7. The van der Waals surface area contributed by atoms with Crippen LogP contribution in [0.4, 0.5) is 0 Å². The van der Waals surface area contributed by atoms with E-state index in [2.05, 4.69) is 11.1 Å². The summed E-state index contributed by atoms with van der Waals surface area (Å²) >= 11 is 0. The fourth-order valence-electron chi connectivity index (χ4n) is 2.47. The number of rotatable bonds is 12. The smallest absolute Gasteiger partial charge is 0.122 e. The van der Waals surface area contributed by atoms with E-state index in [0.717, 1.165) is 19.1 Å². The topological polar surface area (TPSA) is 30.0 Å². The molecule has 0 aliphatic carbocycles. The molecule has 0 saturated carbocycles. The standard InChI is InChI=1S/C18H29NO/c1-17(16-20)11-8-6-4-2-3-5-7-9-12-18-13-10-14-19-15-18/h10,13-17H,2-9,11-12H2,1H3. The number of aldehydes is 1. The minimum Gasteiger partial charge on any atom is -0.303 e. The molecule has 0 saturated heterocycles. The number of aromatic nitrogens is 1. The van der Waals surface area contributed by atoms with Gasteiger partial charge in [0.05, 0.1) is 0 Å². The monoisotopic (exact) mass is 275 g/mol. The predicted molar refractivity (Wildman–Crippen MR) is 84.7 cm³/mol. The van der Waals surface area contributed by atoms with Gasteiger partial charge in [0, 0.05) is 18.3 Å². The zero-order valence-corrected chi connectivity index (χ0v) is 12.9. The second-order valence-electron chi connectivity index (χ2n) is 5.84. The van der Waals surface area contributed by atoms with E-state index >= 15 is 0 Å². The van der Waals surface area contributed by atoms with Crippen LogP contribution >= 0.6 is 0 Å². The summed E-state index contributed by atoms with van der Waals surface area (Å²) in [6, 6.07) is 4.17. The maximum absolute atomic E-state index is 10.5. The second-order valence-corrected chi connectivity index (χ2v) is 5.84. The third kappa shape index (κ3) is 8.84. The highest BCUT2D eigenvalue weighted by molar-refractivity contribution is 5.52. The molecule has 0 aliphatic rings. The summed E-state index contributed by atoms with van der Waals surface area (Å²) in [5.41, 5.74) is 1.36. The van der Waals surface area contributed by atoms with Gasteiger partial charge in [0.25, 0.3) is 0 Å². The van der Waals surface area contributed by atoms with Gasteiger partial charge in [-0.15, -0.1) is 0 Å². The number of carbonyl (C=O) groups is 1. The van der Waals surface area contributed by atoms with Gasteiger partial charge in [0.15, 0.2) is 0 Å². The zero-order chi connectivity index (χ0) is 14.5. The molecular formula is C18H29NO. The summed E-state index contributed by atoms with van der Waals surface area (Å²) in [5.74, 6) is 0.252. The van der Waals surface area contributed by atoms with Crippen LogP contribution < -0.4 is 0 Å². The van der Waals surface area contributed by atoms with Crippen LogP contribution in [-0.2, 0) is 11.2 Å². The summed E-state index contributed by atoms with van der Waals surface area (Å²) < 4.78 is 0. The quantitative estimate of drug-likeness (QED) is 0.398. The fourth-order valence-corrected chi connectivity index (χ4v) is 2.47. The number of nitrogens with zero attached hydrogens (tertiary/aromatic N) is 1. The summed E-state index contributed by atoms with van der Waals surface area (Å²) in [4.78, 5) is 14.6. The van der Waals surface area contributed by atoms with E-state index in [1.807, 2.05) is 25.4 Å². The van der Waals surface area contributed by atoms with E-state index < -0.39 is 0 Å². The third-order valence-corrected chi connectivity index (χ3v) is 3.83. The molecule has 1 rings (SSSR count). The van der Waals surface area contributed by atoms with Crippen LogP contribution in [0.15, 0.2) is 24.5 Å². The number of hydrogen-bond donors (Lipinski definition) is 0. The average Bonchev–Trinajstić information content (AvgIpc) is 2.50. The van der Waals surface area contributed by atoms with Crippen molar-refractivity contribution in [3.63, 3.8) is 0 Å². The molecule has 0 aromatic carbocycles. The van der Waals surface area contributed by atoms with Crippen molar-refractivity contribution in [2.24, 2.45) is 5.92 Å². The first-order valence-corrected chi connectivity index (χ1v) is 8.17. The Kier molecular flexibility index (Phi) is 9.81. The number of carbonyl (C=O) groups excluding carboxylic acids is 1. The maximum atomic E-state index is 10.5. The van der Waals surface area contributed by atoms with Crippen LogP contribution in [0.2, 0.25) is 0 Å². The van der Waals surface area contributed by atoms with E-state index in [9.17, 15) is 4.79 Å². The lowest BCUT2D eigenvalue weighted by Crippen LogP contribution is -1.94. The molecule has 2 heteroatoms. The van der Waals surface area contributed by atoms with Crippen LogP contribution in [0, 0.1) is 5.92 Å². The first-order chi connectivity index (χ1) is 9.83. The largest absolute Gasteiger partial charge is 0.303 e. The van der Waals surface area contributed by atoms with Gasteiger partial charge in [-0.2, -0.15) is 0 Å². The molecule has 20 heavy (non-hydrogen) atoms. The molecule has 0 amide bonds. The molecule has 1 aromatic rings. The van der Waals surface area contributed by atoms with Gasteiger partial charge in [-0.05, 0) is 30.9 Å². The lowest BCUT2D eigenvalue weighted by atomic mass is 10.0. The van der Waals surface area contributed by atoms with Crippen LogP contribution in [0.25, 0.3) is 0 Å². The van der Waals surface area contributed by atoms with Crippen molar-refractivity contribution in [3.8, 4) is 0 Å². The molecule has 2 nitrogen and oxygen atoms in total. The van der Waals surface area contributed by atoms with Crippen LogP contribution in [0.3, 0.4) is 0 Å². The first-order valence-electron chi connectivity index (χ1n) is 8.17. The maximum Gasteiger partial charge on any atom is 0.122 e. The van der Waals surface area contributed by atoms with E-state index in [1.165, 1.54) is 56.9 Å². The van der Waals surface area contributed by atoms with Crippen molar-refractivity contribution >= 4 is 6.29 Å². The SMILES string of the molecule is CC(C=O)CCCCCCCCCCc1cccnc1. The van der Waals surface area contributed by atoms with Crippen molar-refractivity contribution in [3.05, 3.63) is 30.1 Å². The van der Waals surface area contributed by atoms with E-state index in [4.69, 9.17) is 0 Å². The minimum atomic E-state index is 0.252. The Labute approximate surface area is 124 Å². The van der Waals surface area contributed by atoms with Crippen LogP contribution in [-0.4, -0.2) is 11.3 Å². The summed E-state index contributed by atoms with van der Waals surface area (Å²) in [7, 11) is 0. The predicted octanol–water partition coefficient (Wildman–Crippen LogP) is 4.97. The minimum absolute atomic E-state index is 0.252. The summed E-state index contributed by atoms with van der Waals surface area (Å²) in [5, 5.41) is 0. The number of hydrogen-bond acceptors (Lipinski definition) is 2. The Morgan fingerprint density at radius 3 is 2.30 bits per heavy atom. The van der Waals surface area contributed by atoms with Crippen molar-refractivity contribution < 1.29 is 4.79 Å². The average molecular weight is 275 g/mol. The summed E-state index contributed by atoms with van der Waals surface area (Å²) in [6.45, 7) is 2.01. The van der Waals surface area contributed by atoms with Crippen molar-refractivity contribution in [1.29, 1.82) is 0 Å². The molecular weight excluding hydrogens is 246 g/mol. The lowest BCUT2D eigenvalue weighted by Gasteiger charge is -2.04. The highest BCUT2D eigenvalue weighted by atomic mass is 16.1. The molecule has 0 N–H and O–H groups in total.